The molecule has 0 N–H and O–H groups in total. The summed E-state index contributed by atoms with van der Waals surface area (Å²) in [5.74, 6) is 0.526. The molecule has 2 aliphatic heterocycles. The highest BCUT2D eigenvalue weighted by atomic mass is 32.2. The van der Waals surface area contributed by atoms with Crippen molar-refractivity contribution >= 4 is 38.6 Å². The van der Waals surface area contributed by atoms with Crippen LogP contribution in [0.25, 0.3) is 12.2 Å². The number of benzene rings is 1. The molecule has 10 heteroatoms. The Labute approximate surface area is 228 Å². The zero-order valence-corrected chi connectivity index (χ0v) is 23.0. The molecule has 2 aliphatic rings. The lowest BCUT2D eigenvalue weighted by Crippen LogP contribution is -2.32. The van der Waals surface area contributed by atoms with E-state index in [1.807, 2.05) is 42.5 Å². The maximum absolute atomic E-state index is 13.4. The van der Waals surface area contributed by atoms with Gasteiger partial charge in [0.05, 0.1) is 41.1 Å². The van der Waals surface area contributed by atoms with Gasteiger partial charge in [-0.25, -0.2) is 13.4 Å². The summed E-state index contributed by atoms with van der Waals surface area (Å²) in [7, 11) is -1.87. The summed E-state index contributed by atoms with van der Waals surface area (Å²) in [5, 5.41) is 0.871. The number of aromatic nitrogens is 2. The van der Waals surface area contributed by atoms with Gasteiger partial charge in [-0.3, -0.25) is 4.98 Å². The van der Waals surface area contributed by atoms with Crippen molar-refractivity contribution in [2.45, 2.75) is 36.8 Å². The van der Waals surface area contributed by atoms with Crippen molar-refractivity contribution in [2.24, 2.45) is 0 Å². The number of hydrogen-bond donors (Lipinski definition) is 0. The first kappa shape index (κ1) is 26.6. The van der Waals surface area contributed by atoms with Crippen LogP contribution in [0.5, 0.6) is 5.75 Å². The molecule has 2 aromatic heterocycles. The Morgan fingerprint density at radius 1 is 1.13 bits per heavy atom. The maximum Gasteiger partial charge on any atom is 0.218 e. The summed E-state index contributed by atoms with van der Waals surface area (Å²) in [5.41, 5.74) is 2.29. The number of sulfonamides is 1. The molecular formula is C28H32N4O4S2. The highest BCUT2D eigenvalue weighted by Crippen LogP contribution is 2.35. The average Bonchev–Trinajstić information content (AvgIpc) is 3.67. The van der Waals surface area contributed by atoms with Gasteiger partial charge in [0, 0.05) is 19.9 Å². The van der Waals surface area contributed by atoms with Crippen LogP contribution in [0.1, 0.15) is 40.7 Å². The Bertz CT molecular complexity index is 1370. The summed E-state index contributed by atoms with van der Waals surface area (Å²) >= 11 is 1.56. The lowest BCUT2D eigenvalue weighted by molar-refractivity contribution is 0.0347. The van der Waals surface area contributed by atoms with Crippen molar-refractivity contribution < 1.29 is 17.9 Å². The van der Waals surface area contributed by atoms with Gasteiger partial charge in [0.2, 0.25) is 10.0 Å². The second kappa shape index (κ2) is 11.4. The molecule has 200 valence electrons. The summed E-state index contributed by atoms with van der Waals surface area (Å²) in [6, 6.07) is 12.7. The number of hydrogen-bond acceptors (Lipinski definition) is 8. The molecule has 0 aliphatic carbocycles. The van der Waals surface area contributed by atoms with E-state index in [-0.39, 0.29) is 24.0 Å². The van der Waals surface area contributed by atoms with E-state index in [0.717, 1.165) is 34.2 Å². The Hall–Kier alpha value is -3.05. The van der Waals surface area contributed by atoms with Crippen molar-refractivity contribution in [3.63, 3.8) is 0 Å². The minimum absolute atomic E-state index is 0.0915. The van der Waals surface area contributed by atoms with Crippen molar-refractivity contribution in [3.8, 4) is 5.75 Å². The van der Waals surface area contributed by atoms with Crippen LogP contribution in [0.2, 0.25) is 0 Å². The van der Waals surface area contributed by atoms with Gasteiger partial charge in [-0.15, -0.1) is 0 Å². The van der Waals surface area contributed by atoms with E-state index in [4.69, 9.17) is 9.47 Å². The second-order valence-electron chi connectivity index (χ2n) is 9.42. The van der Waals surface area contributed by atoms with Gasteiger partial charge in [-0.2, -0.15) is 4.31 Å². The van der Waals surface area contributed by atoms with Crippen molar-refractivity contribution in [2.75, 3.05) is 31.6 Å². The molecule has 0 saturated carbocycles. The zero-order valence-electron chi connectivity index (χ0n) is 21.4. The maximum atomic E-state index is 13.4. The summed E-state index contributed by atoms with van der Waals surface area (Å²) in [6.45, 7) is 9.45. The van der Waals surface area contributed by atoms with Crippen LogP contribution in [0.3, 0.4) is 0 Å². The van der Waals surface area contributed by atoms with Gasteiger partial charge in [0.15, 0.2) is 5.13 Å². The van der Waals surface area contributed by atoms with Crippen LogP contribution in [0, 0.1) is 0 Å². The van der Waals surface area contributed by atoms with Crippen LogP contribution in [0.15, 0.2) is 61.8 Å². The molecule has 2 saturated heterocycles. The van der Waals surface area contributed by atoms with Crippen LogP contribution in [-0.4, -0.2) is 61.6 Å². The van der Waals surface area contributed by atoms with Crippen LogP contribution >= 0.6 is 11.3 Å². The van der Waals surface area contributed by atoms with Crippen molar-refractivity contribution in [3.05, 3.63) is 83.6 Å². The van der Waals surface area contributed by atoms with Crippen LogP contribution in [0.4, 0.5) is 5.13 Å². The molecule has 0 bridgehead atoms. The number of anilines is 1. The molecule has 3 unspecified atom stereocenters. The first-order chi connectivity index (χ1) is 18.4. The highest BCUT2D eigenvalue weighted by molar-refractivity contribution is 7.88. The number of pyridine rings is 1. The third kappa shape index (κ3) is 5.54. The largest absolute Gasteiger partial charge is 0.486 e. The van der Waals surface area contributed by atoms with Gasteiger partial charge < -0.3 is 14.4 Å². The van der Waals surface area contributed by atoms with E-state index in [1.165, 1.54) is 0 Å². The average molecular weight is 553 g/mol. The van der Waals surface area contributed by atoms with Gasteiger partial charge in [-0.05, 0) is 54.8 Å². The zero-order chi connectivity index (χ0) is 26.7. The molecule has 2 fully saturated rings. The topological polar surface area (TPSA) is 84.9 Å². The van der Waals surface area contributed by atoms with Gasteiger partial charge in [-0.1, -0.05) is 42.7 Å². The Morgan fingerprint density at radius 3 is 2.68 bits per heavy atom. The van der Waals surface area contributed by atoms with Crippen molar-refractivity contribution in [1.82, 2.24) is 14.3 Å². The third-order valence-electron chi connectivity index (χ3n) is 6.96. The second-order valence-corrected chi connectivity index (χ2v) is 12.3. The smallest absolute Gasteiger partial charge is 0.218 e. The molecule has 0 radical (unpaired) electrons. The van der Waals surface area contributed by atoms with Crippen LogP contribution < -0.4 is 9.64 Å². The molecule has 0 amide bonds. The molecule has 3 aromatic rings. The monoisotopic (exact) mass is 552 g/mol. The number of thiazole rings is 1. The normalized spacial score (nSPS) is 22.0. The molecule has 8 nitrogen and oxygen atoms in total. The number of rotatable bonds is 10. The lowest BCUT2D eigenvalue weighted by atomic mass is 10.1. The highest BCUT2D eigenvalue weighted by Gasteiger charge is 2.37. The van der Waals surface area contributed by atoms with E-state index in [9.17, 15) is 8.42 Å². The van der Waals surface area contributed by atoms with Gasteiger partial charge in [0.25, 0.3) is 0 Å². The SMILES string of the molecule is C=Cc1nc(N2CC(OC)C(Oc3cccc(CS(=O)(=O)N4CCCC4c4ccccn4)c3)C2)sc1C=C. The molecule has 5 rings (SSSR count). The molecule has 4 heterocycles. The predicted molar refractivity (Wildman–Crippen MR) is 152 cm³/mol. The minimum atomic E-state index is -3.54. The Balaban J connectivity index is 1.29. The van der Waals surface area contributed by atoms with E-state index in [1.54, 1.807) is 41.1 Å². The first-order valence-corrected chi connectivity index (χ1v) is 15.0. The summed E-state index contributed by atoms with van der Waals surface area (Å²) in [4.78, 5) is 12.2. The van der Waals surface area contributed by atoms with E-state index >= 15 is 0 Å². The Morgan fingerprint density at radius 2 is 1.97 bits per heavy atom. The molecule has 38 heavy (non-hydrogen) atoms. The first-order valence-electron chi connectivity index (χ1n) is 12.6. The van der Waals surface area contributed by atoms with E-state index in [0.29, 0.717) is 30.9 Å². The third-order valence-corrected chi connectivity index (χ3v) is 9.94. The minimum Gasteiger partial charge on any atom is -0.486 e. The van der Waals surface area contributed by atoms with Gasteiger partial charge in [0.1, 0.15) is 18.0 Å². The number of ether oxygens (including phenoxy) is 2. The quantitative estimate of drug-likeness (QED) is 0.358. The molecule has 3 atom stereocenters. The van der Waals surface area contributed by atoms with E-state index < -0.39 is 10.0 Å². The van der Waals surface area contributed by atoms with Crippen molar-refractivity contribution in [1.29, 1.82) is 0 Å². The molecule has 0 spiro atoms. The fraction of sp³-hybridized carbons (Fsp3) is 0.357. The predicted octanol–water partition coefficient (Wildman–Crippen LogP) is 4.77. The number of methoxy groups -OCH3 is 1. The fourth-order valence-electron chi connectivity index (χ4n) is 5.12. The fourth-order valence-corrected chi connectivity index (χ4v) is 7.83. The van der Waals surface area contributed by atoms with E-state index in [2.05, 4.69) is 28.0 Å². The summed E-state index contributed by atoms with van der Waals surface area (Å²) < 4.78 is 40.5. The van der Waals surface area contributed by atoms with Gasteiger partial charge >= 0.3 is 0 Å². The van der Waals surface area contributed by atoms with Crippen LogP contribution in [-0.2, 0) is 20.5 Å². The molecule has 1 aromatic carbocycles. The molecular weight excluding hydrogens is 520 g/mol. The Kier molecular flexibility index (Phi) is 7.94. The summed E-state index contributed by atoms with van der Waals surface area (Å²) in [6.07, 6.45) is 6.43. The standard InChI is InChI=1S/C28H32N4O4S2/c1-4-22-27(5-2)37-28(30-22)31-17-25(35-3)26(18-31)36-21-11-8-10-20(16-21)19-38(33,34)32-15-9-13-24(32)23-12-6-7-14-29-23/h4-8,10-12,14,16,24-26H,1-2,9,13,15,17-19H2,3H3. The number of nitrogens with zero attached hydrogens (tertiary/aromatic N) is 4. The lowest BCUT2D eigenvalue weighted by Gasteiger charge is -2.24.